The number of anilines is 1. The average Bonchev–Trinajstić information content (AvgIpc) is 2.39. The Kier molecular flexibility index (Phi) is 5.27. The van der Waals surface area contributed by atoms with E-state index in [0.29, 0.717) is 12.6 Å². The molecule has 0 saturated heterocycles. The van der Waals surface area contributed by atoms with Gasteiger partial charge >= 0.3 is 0 Å². The van der Waals surface area contributed by atoms with Crippen LogP contribution in [-0.4, -0.2) is 23.9 Å². The van der Waals surface area contributed by atoms with Crippen molar-refractivity contribution in [3.8, 4) is 0 Å². The predicted molar refractivity (Wildman–Crippen MR) is 88.2 cm³/mol. The van der Waals surface area contributed by atoms with Crippen LogP contribution in [-0.2, 0) is 11.3 Å². The molecule has 3 nitrogen and oxygen atoms in total. The minimum absolute atomic E-state index is 0.102. The Balaban J connectivity index is 2.07. The lowest BCUT2D eigenvalue weighted by atomic mass is 9.80. The van der Waals surface area contributed by atoms with Gasteiger partial charge in [-0.3, -0.25) is 4.79 Å². The molecule has 3 heteroatoms. The molecule has 2 rings (SSSR count). The highest BCUT2D eigenvalue weighted by atomic mass is 16.2. The van der Waals surface area contributed by atoms with E-state index in [1.165, 1.54) is 30.5 Å². The predicted octanol–water partition coefficient (Wildman–Crippen LogP) is 3.90. The van der Waals surface area contributed by atoms with Crippen molar-refractivity contribution in [2.24, 2.45) is 11.8 Å². The largest absolute Gasteiger partial charge is 0.382 e. The third-order valence-corrected chi connectivity index (χ3v) is 4.50. The Morgan fingerprint density at radius 1 is 1.19 bits per heavy atom. The van der Waals surface area contributed by atoms with Gasteiger partial charge in [-0.05, 0) is 42.7 Å². The summed E-state index contributed by atoms with van der Waals surface area (Å²) in [7, 11) is 1.85. The number of nitrogens with one attached hydrogen (secondary N) is 1. The highest BCUT2D eigenvalue weighted by molar-refractivity contribution is 5.73. The van der Waals surface area contributed by atoms with E-state index in [4.69, 9.17) is 0 Å². The van der Waals surface area contributed by atoms with Crippen LogP contribution in [0.15, 0.2) is 24.3 Å². The number of benzene rings is 1. The maximum atomic E-state index is 11.4. The van der Waals surface area contributed by atoms with Crippen LogP contribution in [0.2, 0.25) is 0 Å². The maximum Gasteiger partial charge on any atom is 0.219 e. The molecule has 2 unspecified atom stereocenters. The van der Waals surface area contributed by atoms with Gasteiger partial charge < -0.3 is 10.2 Å². The van der Waals surface area contributed by atoms with Crippen molar-refractivity contribution in [2.45, 2.75) is 52.6 Å². The molecular formula is C18H28N2O. The first-order chi connectivity index (χ1) is 9.95. The van der Waals surface area contributed by atoms with Crippen molar-refractivity contribution in [1.82, 2.24) is 4.90 Å². The van der Waals surface area contributed by atoms with Crippen LogP contribution in [0.5, 0.6) is 0 Å². The second-order valence-corrected chi connectivity index (χ2v) is 6.79. The van der Waals surface area contributed by atoms with Crippen molar-refractivity contribution < 1.29 is 4.79 Å². The first-order valence-electron chi connectivity index (χ1n) is 8.01. The smallest absolute Gasteiger partial charge is 0.219 e. The summed E-state index contributed by atoms with van der Waals surface area (Å²) in [5.41, 5.74) is 2.37. The molecule has 21 heavy (non-hydrogen) atoms. The summed E-state index contributed by atoms with van der Waals surface area (Å²) in [5.74, 6) is 1.68. The standard InChI is InChI=1S/C18H28N2O/c1-13-9-14(2)11-17(10-13)19-18-8-6-5-7-16(18)12-20(4)15(3)21/h5-8,13-14,17,19H,9-12H2,1-4H3. The summed E-state index contributed by atoms with van der Waals surface area (Å²) in [6.45, 7) is 6.97. The second-order valence-electron chi connectivity index (χ2n) is 6.79. The summed E-state index contributed by atoms with van der Waals surface area (Å²) in [4.78, 5) is 13.2. The summed E-state index contributed by atoms with van der Waals surface area (Å²) in [5, 5.41) is 3.72. The van der Waals surface area contributed by atoms with E-state index in [9.17, 15) is 4.79 Å². The number of hydrogen-bond donors (Lipinski definition) is 1. The zero-order valence-electron chi connectivity index (χ0n) is 13.7. The van der Waals surface area contributed by atoms with Crippen LogP contribution in [0.4, 0.5) is 5.69 Å². The lowest BCUT2D eigenvalue weighted by molar-refractivity contribution is -0.128. The Bertz CT molecular complexity index is 476. The van der Waals surface area contributed by atoms with Gasteiger partial charge in [0.15, 0.2) is 0 Å². The molecule has 1 aliphatic rings. The van der Waals surface area contributed by atoms with Crippen molar-refractivity contribution in [3.05, 3.63) is 29.8 Å². The van der Waals surface area contributed by atoms with E-state index in [2.05, 4.69) is 37.4 Å². The van der Waals surface area contributed by atoms with Crippen molar-refractivity contribution in [3.63, 3.8) is 0 Å². The Morgan fingerprint density at radius 2 is 1.81 bits per heavy atom. The molecule has 1 saturated carbocycles. The molecule has 0 spiro atoms. The minimum atomic E-state index is 0.102. The van der Waals surface area contributed by atoms with E-state index in [1.807, 2.05) is 13.1 Å². The first-order valence-corrected chi connectivity index (χ1v) is 8.01. The summed E-state index contributed by atoms with van der Waals surface area (Å²) >= 11 is 0. The van der Waals surface area contributed by atoms with Crippen molar-refractivity contribution in [2.75, 3.05) is 12.4 Å². The number of nitrogens with zero attached hydrogens (tertiary/aromatic N) is 1. The molecule has 0 aliphatic heterocycles. The van der Waals surface area contributed by atoms with E-state index < -0.39 is 0 Å². The number of hydrogen-bond acceptors (Lipinski definition) is 2. The topological polar surface area (TPSA) is 32.3 Å². The molecule has 0 heterocycles. The minimum Gasteiger partial charge on any atom is -0.382 e. The molecule has 0 bridgehead atoms. The van der Waals surface area contributed by atoms with Crippen LogP contribution in [0.1, 0.15) is 45.6 Å². The second kappa shape index (κ2) is 6.97. The van der Waals surface area contributed by atoms with E-state index >= 15 is 0 Å². The number of amides is 1. The summed E-state index contributed by atoms with van der Waals surface area (Å²) < 4.78 is 0. The molecule has 116 valence electrons. The third-order valence-electron chi connectivity index (χ3n) is 4.50. The highest BCUT2D eigenvalue weighted by Gasteiger charge is 2.24. The molecule has 1 amide bonds. The van der Waals surface area contributed by atoms with Crippen LogP contribution >= 0.6 is 0 Å². The van der Waals surface area contributed by atoms with Gasteiger partial charge in [-0.2, -0.15) is 0 Å². The molecule has 2 atom stereocenters. The van der Waals surface area contributed by atoms with Gasteiger partial charge in [0.25, 0.3) is 0 Å². The normalized spacial score (nSPS) is 25.4. The fourth-order valence-corrected chi connectivity index (χ4v) is 3.45. The van der Waals surface area contributed by atoms with Gasteiger partial charge in [-0.15, -0.1) is 0 Å². The van der Waals surface area contributed by atoms with Crippen LogP contribution < -0.4 is 5.32 Å². The number of carbonyl (C=O) groups is 1. The molecule has 1 N–H and O–H groups in total. The molecule has 1 aromatic carbocycles. The monoisotopic (exact) mass is 288 g/mol. The maximum absolute atomic E-state index is 11.4. The first kappa shape index (κ1) is 15.9. The lowest BCUT2D eigenvalue weighted by Gasteiger charge is -2.33. The van der Waals surface area contributed by atoms with Gasteiger partial charge in [0.05, 0.1) is 0 Å². The molecule has 1 aromatic rings. The number of para-hydroxylation sites is 1. The van der Waals surface area contributed by atoms with E-state index in [0.717, 1.165) is 11.8 Å². The Labute approximate surface area is 128 Å². The summed E-state index contributed by atoms with van der Waals surface area (Å²) in [6, 6.07) is 8.90. The fraction of sp³-hybridized carbons (Fsp3) is 0.611. The zero-order valence-corrected chi connectivity index (χ0v) is 13.7. The SMILES string of the molecule is CC(=O)N(C)Cc1ccccc1NC1CC(C)CC(C)C1. The Hall–Kier alpha value is -1.51. The molecular weight excluding hydrogens is 260 g/mol. The quantitative estimate of drug-likeness (QED) is 0.911. The molecule has 0 radical (unpaired) electrons. The van der Waals surface area contributed by atoms with Crippen LogP contribution in [0.3, 0.4) is 0 Å². The van der Waals surface area contributed by atoms with Gasteiger partial charge in [-0.25, -0.2) is 0 Å². The fourth-order valence-electron chi connectivity index (χ4n) is 3.45. The molecule has 0 aromatic heterocycles. The highest BCUT2D eigenvalue weighted by Crippen LogP contribution is 2.31. The van der Waals surface area contributed by atoms with Gasteiger partial charge in [-0.1, -0.05) is 32.0 Å². The number of rotatable bonds is 4. The van der Waals surface area contributed by atoms with Crippen molar-refractivity contribution >= 4 is 11.6 Å². The van der Waals surface area contributed by atoms with E-state index in [1.54, 1.807) is 11.8 Å². The molecule has 1 fully saturated rings. The zero-order chi connectivity index (χ0) is 15.4. The lowest BCUT2D eigenvalue weighted by Crippen LogP contribution is -2.31. The molecule has 1 aliphatic carbocycles. The van der Waals surface area contributed by atoms with Gasteiger partial charge in [0.1, 0.15) is 0 Å². The third kappa shape index (κ3) is 4.48. The van der Waals surface area contributed by atoms with Crippen molar-refractivity contribution in [1.29, 1.82) is 0 Å². The van der Waals surface area contributed by atoms with E-state index in [-0.39, 0.29) is 5.91 Å². The average molecular weight is 288 g/mol. The van der Waals surface area contributed by atoms with Gasteiger partial charge in [0, 0.05) is 32.2 Å². The van der Waals surface area contributed by atoms with Crippen LogP contribution in [0.25, 0.3) is 0 Å². The van der Waals surface area contributed by atoms with Crippen LogP contribution in [0, 0.1) is 11.8 Å². The summed E-state index contributed by atoms with van der Waals surface area (Å²) in [6.07, 6.45) is 3.81. The number of carbonyl (C=O) groups excluding carboxylic acids is 1. The van der Waals surface area contributed by atoms with Gasteiger partial charge in [0.2, 0.25) is 5.91 Å². The Morgan fingerprint density at radius 3 is 2.43 bits per heavy atom.